The molecule has 17 heavy (non-hydrogen) atoms. The molecular weight excluding hydrogens is 212 g/mol. The Bertz CT molecular complexity index is 345. The topological polar surface area (TPSA) is 34.1 Å². The van der Waals surface area contributed by atoms with Crippen LogP contribution in [0.5, 0.6) is 0 Å². The lowest BCUT2D eigenvalue weighted by Crippen LogP contribution is -2.41. The second-order valence-electron chi connectivity index (χ2n) is 6.56. The summed E-state index contributed by atoms with van der Waals surface area (Å²) in [6.07, 6.45) is 3.37. The Kier molecular flexibility index (Phi) is 3.17. The van der Waals surface area contributed by atoms with Gasteiger partial charge < -0.3 is 0 Å². The number of Topliss-reactive ketones (excluding diaryl/α,β-unsaturated/α-hetero) is 2. The molecule has 0 heterocycles. The van der Waals surface area contributed by atoms with Crippen LogP contribution in [0.25, 0.3) is 0 Å². The summed E-state index contributed by atoms with van der Waals surface area (Å²) in [7, 11) is 0. The smallest absolute Gasteiger partial charge is 0.136 e. The minimum absolute atomic E-state index is 0.00512. The van der Waals surface area contributed by atoms with Crippen LogP contribution in [0.15, 0.2) is 0 Å². The molecule has 2 aliphatic rings. The summed E-state index contributed by atoms with van der Waals surface area (Å²) in [5, 5.41) is 0. The van der Waals surface area contributed by atoms with Gasteiger partial charge in [-0.1, -0.05) is 27.7 Å². The van der Waals surface area contributed by atoms with Gasteiger partial charge in [0.15, 0.2) is 0 Å². The molecule has 2 fully saturated rings. The van der Waals surface area contributed by atoms with Crippen LogP contribution in [0.3, 0.4) is 0 Å². The van der Waals surface area contributed by atoms with Crippen LogP contribution in [-0.2, 0) is 9.59 Å². The highest BCUT2D eigenvalue weighted by Crippen LogP contribution is 2.56. The van der Waals surface area contributed by atoms with E-state index in [1.807, 2.05) is 13.8 Å². The molecule has 0 amide bonds. The van der Waals surface area contributed by atoms with E-state index in [2.05, 4.69) is 13.8 Å². The second-order valence-corrected chi connectivity index (χ2v) is 6.56. The summed E-state index contributed by atoms with van der Waals surface area (Å²) >= 11 is 0. The van der Waals surface area contributed by atoms with Crippen molar-refractivity contribution < 1.29 is 9.59 Å². The van der Waals surface area contributed by atoms with Crippen molar-refractivity contribution >= 4 is 11.6 Å². The number of carbonyl (C=O) groups is 2. The maximum atomic E-state index is 12.1. The lowest BCUT2D eigenvalue weighted by atomic mass is 9.59. The highest BCUT2D eigenvalue weighted by atomic mass is 16.1. The van der Waals surface area contributed by atoms with E-state index in [0.717, 1.165) is 12.8 Å². The molecule has 96 valence electrons. The number of hydrogen-bond donors (Lipinski definition) is 0. The zero-order valence-electron chi connectivity index (χ0n) is 11.5. The van der Waals surface area contributed by atoms with Gasteiger partial charge in [0.2, 0.25) is 0 Å². The summed E-state index contributed by atoms with van der Waals surface area (Å²) in [5.74, 6) is 1.98. The third-order valence-electron chi connectivity index (χ3n) is 5.41. The van der Waals surface area contributed by atoms with Crippen LogP contribution < -0.4 is 0 Å². The molecule has 0 N–H and O–H groups in total. The molecular formula is C15H24O2. The number of carbonyl (C=O) groups excluding carboxylic acids is 2. The maximum absolute atomic E-state index is 12.1. The zero-order chi connectivity index (χ0) is 12.8. The SMILES string of the molecule is CC1CCC2(CC1=O)C(C)C(=O)CC2C(C)C. The average Bonchev–Trinajstić information content (AvgIpc) is 2.50. The summed E-state index contributed by atoms with van der Waals surface area (Å²) in [5.41, 5.74) is -0.00512. The van der Waals surface area contributed by atoms with Gasteiger partial charge >= 0.3 is 0 Å². The summed E-state index contributed by atoms with van der Waals surface area (Å²) in [6, 6.07) is 0. The van der Waals surface area contributed by atoms with Crippen LogP contribution in [0.4, 0.5) is 0 Å². The molecule has 1 spiro atoms. The third-order valence-corrected chi connectivity index (χ3v) is 5.41. The van der Waals surface area contributed by atoms with Crippen molar-refractivity contribution in [1.82, 2.24) is 0 Å². The second kappa shape index (κ2) is 4.22. The molecule has 4 atom stereocenters. The van der Waals surface area contributed by atoms with E-state index < -0.39 is 0 Å². The van der Waals surface area contributed by atoms with E-state index in [1.54, 1.807) is 0 Å². The fraction of sp³-hybridized carbons (Fsp3) is 0.867. The van der Waals surface area contributed by atoms with Crippen molar-refractivity contribution in [2.24, 2.45) is 29.1 Å². The first kappa shape index (κ1) is 12.8. The van der Waals surface area contributed by atoms with Gasteiger partial charge in [-0.2, -0.15) is 0 Å². The largest absolute Gasteiger partial charge is 0.299 e. The molecule has 4 unspecified atom stereocenters. The molecule has 0 aromatic heterocycles. The predicted octanol–water partition coefficient (Wildman–Crippen LogP) is 3.24. The van der Waals surface area contributed by atoms with E-state index in [9.17, 15) is 9.59 Å². The van der Waals surface area contributed by atoms with Gasteiger partial charge in [0, 0.05) is 24.7 Å². The van der Waals surface area contributed by atoms with Crippen molar-refractivity contribution in [3.8, 4) is 0 Å². The normalized spacial score (nSPS) is 42.8. The molecule has 0 aromatic rings. The fourth-order valence-corrected chi connectivity index (χ4v) is 4.06. The van der Waals surface area contributed by atoms with Crippen LogP contribution in [0.1, 0.15) is 53.4 Å². The Hall–Kier alpha value is -0.660. The standard InChI is InChI=1S/C15H24O2/c1-9(2)12-7-13(16)11(4)15(12)6-5-10(3)14(17)8-15/h9-12H,5-8H2,1-4H3. The zero-order valence-corrected chi connectivity index (χ0v) is 11.5. The van der Waals surface area contributed by atoms with Crippen molar-refractivity contribution in [2.45, 2.75) is 53.4 Å². The van der Waals surface area contributed by atoms with Gasteiger partial charge in [0.25, 0.3) is 0 Å². The average molecular weight is 236 g/mol. The molecule has 0 saturated heterocycles. The monoisotopic (exact) mass is 236 g/mol. The summed E-state index contributed by atoms with van der Waals surface area (Å²) in [6.45, 7) is 8.47. The van der Waals surface area contributed by atoms with Crippen LogP contribution >= 0.6 is 0 Å². The first-order chi connectivity index (χ1) is 7.88. The van der Waals surface area contributed by atoms with Crippen LogP contribution in [-0.4, -0.2) is 11.6 Å². The van der Waals surface area contributed by atoms with E-state index in [0.29, 0.717) is 36.2 Å². The molecule has 0 aliphatic heterocycles. The molecule has 2 rings (SSSR count). The minimum atomic E-state index is -0.00512. The van der Waals surface area contributed by atoms with Gasteiger partial charge in [-0.3, -0.25) is 9.59 Å². The number of ketones is 2. The van der Waals surface area contributed by atoms with Crippen LogP contribution in [0.2, 0.25) is 0 Å². The summed E-state index contributed by atoms with van der Waals surface area (Å²) < 4.78 is 0. The minimum Gasteiger partial charge on any atom is -0.299 e. The first-order valence-corrected chi connectivity index (χ1v) is 6.94. The highest BCUT2D eigenvalue weighted by Gasteiger charge is 2.55. The first-order valence-electron chi connectivity index (χ1n) is 6.94. The Labute approximate surface area is 104 Å². The Balaban J connectivity index is 2.32. The van der Waals surface area contributed by atoms with E-state index >= 15 is 0 Å². The van der Waals surface area contributed by atoms with Crippen molar-refractivity contribution in [3.05, 3.63) is 0 Å². The van der Waals surface area contributed by atoms with Crippen LogP contribution in [0, 0.1) is 29.1 Å². The lowest BCUT2D eigenvalue weighted by Gasteiger charge is -2.44. The number of hydrogen-bond acceptors (Lipinski definition) is 2. The van der Waals surface area contributed by atoms with E-state index in [-0.39, 0.29) is 17.3 Å². The van der Waals surface area contributed by atoms with Gasteiger partial charge in [-0.05, 0) is 30.1 Å². The predicted molar refractivity (Wildman–Crippen MR) is 67.6 cm³/mol. The van der Waals surface area contributed by atoms with E-state index in [4.69, 9.17) is 0 Å². The van der Waals surface area contributed by atoms with Gasteiger partial charge in [0.1, 0.15) is 11.6 Å². The van der Waals surface area contributed by atoms with Gasteiger partial charge in [-0.25, -0.2) is 0 Å². The Morgan fingerprint density at radius 3 is 2.35 bits per heavy atom. The maximum Gasteiger partial charge on any atom is 0.136 e. The molecule has 2 nitrogen and oxygen atoms in total. The third kappa shape index (κ3) is 1.86. The molecule has 0 bridgehead atoms. The summed E-state index contributed by atoms with van der Waals surface area (Å²) in [4.78, 5) is 24.1. The molecule has 0 radical (unpaired) electrons. The van der Waals surface area contributed by atoms with Crippen molar-refractivity contribution in [2.75, 3.05) is 0 Å². The van der Waals surface area contributed by atoms with Crippen molar-refractivity contribution in [3.63, 3.8) is 0 Å². The van der Waals surface area contributed by atoms with Crippen molar-refractivity contribution in [1.29, 1.82) is 0 Å². The Morgan fingerprint density at radius 2 is 1.82 bits per heavy atom. The molecule has 2 heteroatoms. The van der Waals surface area contributed by atoms with Gasteiger partial charge in [0.05, 0.1) is 0 Å². The number of rotatable bonds is 1. The lowest BCUT2D eigenvalue weighted by molar-refractivity contribution is -0.132. The fourth-order valence-electron chi connectivity index (χ4n) is 4.06. The molecule has 2 aliphatic carbocycles. The highest BCUT2D eigenvalue weighted by molar-refractivity contribution is 5.88. The molecule has 0 aromatic carbocycles. The molecule has 2 saturated carbocycles. The quantitative estimate of drug-likeness (QED) is 0.700. The van der Waals surface area contributed by atoms with Gasteiger partial charge in [-0.15, -0.1) is 0 Å². The van der Waals surface area contributed by atoms with E-state index in [1.165, 1.54) is 0 Å². The Morgan fingerprint density at radius 1 is 1.18 bits per heavy atom.